The van der Waals surface area contributed by atoms with Crippen molar-refractivity contribution in [1.82, 2.24) is 90.0 Å². The van der Waals surface area contributed by atoms with Crippen LogP contribution in [0.2, 0.25) is 0 Å². The summed E-state index contributed by atoms with van der Waals surface area (Å²) in [6.45, 7) is 67.1. The largest absolute Gasteiger partial charge is 0.365 e. The number of nitriles is 1. The number of aromatic nitrogens is 18. The van der Waals surface area contributed by atoms with Crippen molar-refractivity contribution in [3.05, 3.63) is 80.0 Å². The van der Waals surface area contributed by atoms with Crippen LogP contribution in [0.1, 0.15) is 203 Å². The summed E-state index contributed by atoms with van der Waals surface area (Å²) in [5.74, 6) is 2.54. The Morgan fingerprint density at radius 2 is 0.988 bits per heavy atom. The molecule has 0 aliphatic heterocycles. The van der Waals surface area contributed by atoms with E-state index in [0.717, 1.165) is 22.8 Å². The van der Waals surface area contributed by atoms with Gasteiger partial charge in [0.2, 0.25) is 17.2 Å². The van der Waals surface area contributed by atoms with Crippen LogP contribution in [0.3, 0.4) is 0 Å². The summed E-state index contributed by atoms with van der Waals surface area (Å²) in [4.78, 5) is 22.0. The summed E-state index contributed by atoms with van der Waals surface area (Å²) in [5.41, 5.74) is 7.13. The summed E-state index contributed by atoms with van der Waals surface area (Å²) in [5, 5.41) is 83.7. The summed E-state index contributed by atoms with van der Waals surface area (Å²) < 4.78 is 4.54. The molecule has 0 atom stereocenters. The number of rotatable bonds is 9. The number of H-pyrrole nitrogens is 2. The molecular weight excluding hydrogens is 1140 g/mol. The van der Waals surface area contributed by atoms with Gasteiger partial charge in [-0.1, -0.05) is 125 Å². The van der Waals surface area contributed by atoms with Crippen LogP contribution in [0.25, 0.3) is 26.6 Å². The molecule has 0 aliphatic carbocycles. The summed E-state index contributed by atoms with van der Waals surface area (Å²) >= 11 is 0. The second-order valence-corrected chi connectivity index (χ2v) is 26.6. The summed E-state index contributed by atoms with van der Waals surface area (Å²) in [7, 11) is 0. The predicted octanol–water partition coefficient (Wildman–Crippen LogP) is 11.7. The SMILES string of the molecule is CC[NH+](CC)CC.Cc1nn2nc(C(C)(C)C)c(N=Nc3[n-]nc(C(C)(C)C)c3C#N)c2[n-]1.[C-]#[N+]c1c(C(C)(C)C)n[n-]c1N=Nc1c(C(C)(C)C)nn2nc(C)[n-]c12.[C-]#[N+]c1c(N=Nc2c(C(C)(C)C)[nH]n3nc(C)nc23)n[nH]c1C(C)(C)C.[Co]. The van der Waals surface area contributed by atoms with Crippen LogP contribution in [0.5, 0.6) is 0 Å². The smallest absolute Gasteiger partial charge is 0.255 e. The third kappa shape index (κ3) is 15.3. The van der Waals surface area contributed by atoms with E-state index in [1.54, 1.807) is 23.4 Å². The molecular formula is C57H81CoN28-3. The average molecular weight is 1220 g/mol. The van der Waals surface area contributed by atoms with Crippen LogP contribution in [-0.2, 0) is 49.3 Å². The van der Waals surface area contributed by atoms with Gasteiger partial charge in [0.1, 0.15) is 11.9 Å². The molecule has 9 rings (SSSR count). The molecule has 0 aliphatic rings. The van der Waals surface area contributed by atoms with Crippen molar-refractivity contribution in [2.24, 2.45) is 30.7 Å². The van der Waals surface area contributed by atoms with Gasteiger partial charge in [-0.05, 0) is 75.7 Å². The number of hydrogen-bond donors (Lipinski definition) is 3. The van der Waals surface area contributed by atoms with Crippen LogP contribution in [0, 0.1) is 45.2 Å². The van der Waals surface area contributed by atoms with Crippen molar-refractivity contribution in [2.75, 3.05) is 19.6 Å². The second-order valence-electron chi connectivity index (χ2n) is 26.6. The van der Waals surface area contributed by atoms with Gasteiger partial charge in [-0.15, -0.1) is 15.3 Å². The molecule has 86 heavy (non-hydrogen) atoms. The fourth-order valence-electron chi connectivity index (χ4n) is 8.51. The van der Waals surface area contributed by atoms with Gasteiger partial charge in [0.25, 0.3) is 5.69 Å². The topological polar surface area (TPSA) is 328 Å². The molecule has 0 fully saturated rings. The van der Waals surface area contributed by atoms with E-state index in [1.807, 2.05) is 111 Å². The molecule has 28 nitrogen and oxygen atoms in total. The molecule has 0 saturated carbocycles. The maximum atomic E-state index is 9.50. The molecule has 9 heterocycles. The van der Waals surface area contributed by atoms with E-state index in [9.17, 15) is 5.26 Å². The normalized spacial score (nSPS) is 12.6. The Balaban J connectivity index is 0.000000221. The summed E-state index contributed by atoms with van der Waals surface area (Å²) in [6, 6.07) is 2.14. The molecule has 29 heteroatoms. The van der Waals surface area contributed by atoms with Crippen molar-refractivity contribution in [3.8, 4) is 6.07 Å². The number of nitrogens with one attached hydrogen (secondary N) is 3. The van der Waals surface area contributed by atoms with Crippen molar-refractivity contribution in [3.63, 3.8) is 0 Å². The number of hydrogen-bond acceptors (Lipinski definition) is 16. The molecule has 9 aromatic heterocycles. The Bertz CT molecular complexity index is 3600. The molecule has 0 aromatic carbocycles. The first-order valence-corrected chi connectivity index (χ1v) is 28.1. The first kappa shape index (κ1) is 68.2. The molecule has 0 unspecified atom stereocenters. The Kier molecular flexibility index (Phi) is 20.6. The third-order valence-corrected chi connectivity index (χ3v) is 13.1. The maximum absolute atomic E-state index is 9.50. The Morgan fingerprint density at radius 3 is 1.41 bits per heavy atom. The predicted molar refractivity (Wildman–Crippen MR) is 322 cm³/mol. The minimum atomic E-state index is -0.304. The second kappa shape index (κ2) is 25.9. The molecule has 0 bridgehead atoms. The van der Waals surface area contributed by atoms with Crippen molar-refractivity contribution >= 4 is 62.8 Å². The van der Waals surface area contributed by atoms with Crippen LogP contribution < -0.4 is 25.1 Å². The van der Waals surface area contributed by atoms with E-state index in [4.69, 9.17) is 13.1 Å². The first-order valence-electron chi connectivity index (χ1n) is 28.1. The van der Waals surface area contributed by atoms with Crippen LogP contribution in [0.4, 0.5) is 45.9 Å². The molecule has 9 aromatic rings. The van der Waals surface area contributed by atoms with E-state index in [-0.39, 0.29) is 66.7 Å². The van der Waals surface area contributed by atoms with Crippen molar-refractivity contribution in [2.45, 2.75) is 199 Å². The van der Waals surface area contributed by atoms with Gasteiger partial charge in [0.05, 0.1) is 89.5 Å². The molecule has 0 saturated heterocycles. The Labute approximate surface area is 512 Å². The first-order chi connectivity index (χ1) is 39.4. The fourth-order valence-corrected chi connectivity index (χ4v) is 8.51. The van der Waals surface area contributed by atoms with Gasteiger partial charge in [-0.3, -0.25) is 39.9 Å². The quantitative estimate of drug-likeness (QED) is 0.0894. The Morgan fingerprint density at radius 1 is 0.547 bits per heavy atom. The molecule has 3 N–H and O–H groups in total. The monoisotopic (exact) mass is 1220 g/mol. The molecule has 0 spiro atoms. The van der Waals surface area contributed by atoms with E-state index in [1.165, 1.54) is 28.9 Å². The zero-order valence-corrected chi connectivity index (χ0v) is 55.2. The van der Waals surface area contributed by atoms with Crippen LogP contribution in [-0.4, -0.2) is 89.5 Å². The van der Waals surface area contributed by atoms with Gasteiger partial charge in [-0.25, -0.2) is 24.9 Å². The number of quaternary nitrogens is 1. The maximum Gasteiger partial charge on any atom is 0.255 e. The molecule has 1 radical (unpaired) electrons. The van der Waals surface area contributed by atoms with Gasteiger partial charge < -0.3 is 45.5 Å². The molecule has 0 amide bonds. The standard InChI is InChI=1S/C17H23N9.2C17H21N9.C6H15N.Co/c2*1-9-19-15-11(13(17(5,6)7)25-26(15)24-9)20-22-14-10(18-8)12(21-23-14)16(2,3)4;1-9-19-15-11(13(17(5,6)7)25-26(15)24-9)20-22-14-10(8-18)12(21-23-14)16(2,3)4;1-4-7(5-2)6-3;/h25H,1-7H3,(H,21,23);2*1-7H3;4-6H2,1-3H3;/q;2*-2;;/p+1. The average Bonchev–Trinajstić information content (AvgIpc) is 1.84. The number of aryl methyl sites for hydroxylation is 3. The fraction of sp³-hybridized carbons (Fsp3) is 0.579. The van der Waals surface area contributed by atoms with Crippen molar-refractivity contribution < 1.29 is 21.7 Å². The number of nitrogens with zero attached hydrogens (tertiary/aromatic N) is 25. The van der Waals surface area contributed by atoms with E-state index in [0.29, 0.717) is 79.8 Å². The van der Waals surface area contributed by atoms with Crippen molar-refractivity contribution in [1.29, 1.82) is 5.26 Å². The third-order valence-electron chi connectivity index (χ3n) is 13.1. The number of azo groups is 3. The van der Waals surface area contributed by atoms with E-state index >= 15 is 0 Å². The van der Waals surface area contributed by atoms with Crippen LogP contribution in [0.15, 0.2) is 30.7 Å². The van der Waals surface area contributed by atoms with Gasteiger partial charge >= 0.3 is 0 Å². The van der Waals surface area contributed by atoms with Gasteiger partial charge in [-0.2, -0.15) is 15.0 Å². The van der Waals surface area contributed by atoms with Gasteiger partial charge in [0, 0.05) is 44.1 Å². The van der Waals surface area contributed by atoms with Gasteiger partial charge in [0.15, 0.2) is 5.69 Å². The van der Waals surface area contributed by atoms with E-state index < -0.39 is 0 Å². The number of fused-ring (bicyclic) bond motifs is 3. The zero-order chi connectivity index (χ0) is 63.5. The molecule has 461 valence electrons. The van der Waals surface area contributed by atoms with E-state index in [2.05, 4.69) is 164 Å². The Hall–Kier alpha value is -8.59. The number of aromatic amines is 2. The minimum absolute atomic E-state index is 0. The zero-order valence-electron chi connectivity index (χ0n) is 54.1. The minimum Gasteiger partial charge on any atom is -0.365 e. The van der Waals surface area contributed by atoms with Crippen LogP contribution >= 0.6 is 0 Å². The summed E-state index contributed by atoms with van der Waals surface area (Å²) in [6.07, 6.45) is 0.